The Morgan fingerprint density at radius 2 is 1.68 bits per heavy atom. The molecule has 2 aliphatic rings. The summed E-state index contributed by atoms with van der Waals surface area (Å²) >= 11 is 0. The number of benzene rings is 1. The third kappa shape index (κ3) is 3.01. The first-order valence-electron chi connectivity index (χ1n) is 7.75. The standard InChI is InChI=1S/C17H25NO/c19-13-16-9-5-4-8-15(16)10-18-11-17(12-18)14-6-2-1-3-7-14/h1-3,6-7,15-17,19H,4-5,8-13H2. The molecule has 3 rings (SSSR count). The number of aliphatic hydroxyl groups is 1. The van der Waals surface area contributed by atoms with Crippen LogP contribution in [-0.4, -0.2) is 36.2 Å². The lowest BCUT2D eigenvalue weighted by molar-refractivity contribution is 0.0635. The monoisotopic (exact) mass is 259 g/mol. The van der Waals surface area contributed by atoms with Gasteiger partial charge in [-0.2, -0.15) is 0 Å². The van der Waals surface area contributed by atoms with Crippen LogP contribution in [0.3, 0.4) is 0 Å². The summed E-state index contributed by atoms with van der Waals surface area (Å²) in [5.74, 6) is 2.03. The van der Waals surface area contributed by atoms with Gasteiger partial charge < -0.3 is 10.0 Å². The highest BCUT2D eigenvalue weighted by molar-refractivity contribution is 5.22. The van der Waals surface area contributed by atoms with Crippen molar-refractivity contribution >= 4 is 0 Å². The van der Waals surface area contributed by atoms with Crippen LogP contribution in [0.1, 0.15) is 37.2 Å². The Balaban J connectivity index is 1.48. The highest BCUT2D eigenvalue weighted by Gasteiger charge is 2.32. The minimum atomic E-state index is 0.390. The van der Waals surface area contributed by atoms with Crippen LogP contribution in [-0.2, 0) is 0 Å². The maximum absolute atomic E-state index is 9.48. The SMILES string of the molecule is OCC1CCCCC1CN1CC(c2ccccc2)C1. The van der Waals surface area contributed by atoms with E-state index < -0.39 is 0 Å². The van der Waals surface area contributed by atoms with Gasteiger partial charge in [-0.25, -0.2) is 0 Å². The molecule has 2 atom stereocenters. The minimum absolute atomic E-state index is 0.390. The minimum Gasteiger partial charge on any atom is -0.396 e. The van der Waals surface area contributed by atoms with Crippen LogP contribution < -0.4 is 0 Å². The van der Waals surface area contributed by atoms with Gasteiger partial charge in [0.2, 0.25) is 0 Å². The zero-order valence-corrected chi connectivity index (χ0v) is 11.7. The second-order valence-corrected chi connectivity index (χ2v) is 6.31. The normalized spacial score (nSPS) is 29.1. The lowest BCUT2D eigenvalue weighted by Gasteiger charge is -2.43. The number of likely N-dealkylation sites (tertiary alicyclic amines) is 1. The van der Waals surface area contributed by atoms with Gasteiger partial charge in [0.1, 0.15) is 0 Å². The molecule has 1 aliphatic heterocycles. The summed E-state index contributed by atoms with van der Waals surface area (Å²) in [5, 5.41) is 9.48. The van der Waals surface area contributed by atoms with Crippen LogP contribution in [0.5, 0.6) is 0 Å². The molecule has 2 fully saturated rings. The summed E-state index contributed by atoms with van der Waals surface area (Å²) in [5.41, 5.74) is 1.49. The molecule has 2 nitrogen and oxygen atoms in total. The topological polar surface area (TPSA) is 23.5 Å². The largest absolute Gasteiger partial charge is 0.396 e. The molecule has 2 unspecified atom stereocenters. The Morgan fingerprint density at radius 1 is 1.00 bits per heavy atom. The fraction of sp³-hybridized carbons (Fsp3) is 0.647. The number of hydrogen-bond donors (Lipinski definition) is 1. The van der Waals surface area contributed by atoms with E-state index in [1.807, 2.05) is 0 Å². The zero-order chi connectivity index (χ0) is 13.1. The maximum atomic E-state index is 9.48. The van der Waals surface area contributed by atoms with Crippen LogP contribution in [0.4, 0.5) is 0 Å². The van der Waals surface area contributed by atoms with Gasteiger partial charge >= 0.3 is 0 Å². The van der Waals surface area contributed by atoms with Gasteiger partial charge in [0.25, 0.3) is 0 Å². The zero-order valence-electron chi connectivity index (χ0n) is 11.7. The predicted octanol–water partition coefficient (Wildman–Crippen LogP) is 2.88. The fourth-order valence-corrected chi connectivity index (χ4v) is 3.75. The van der Waals surface area contributed by atoms with Crippen molar-refractivity contribution < 1.29 is 5.11 Å². The smallest absolute Gasteiger partial charge is 0.0462 e. The van der Waals surface area contributed by atoms with Crippen molar-refractivity contribution in [2.24, 2.45) is 11.8 Å². The Bertz CT molecular complexity index is 386. The van der Waals surface area contributed by atoms with Crippen molar-refractivity contribution in [3.05, 3.63) is 35.9 Å². The Labute approximate surface area is 116 Å². The fourth-order valence-electron chi connectivity index (χ4n) is 3.75. The van der Waals surface area contributed by atoms with Gasteiger partial charge in [-0.15, -0.1) is 0 Å². The molecule has 0 aromatic heterocycles. The van der Waals surface area contributed by atoms with Crippen molar-refractivity contribution in [3.63, 3.8) is 0 Å². The summed E-state index contributed by atoms with van der Waals surface area (Å²) in [6, 6.07) is 10.9. The number of hydrogen-bond acceptors (Lipinski definition) is 2. The van der Waals surface area contributed by atoms with Crippen LogP contribution in [0.15, 0.2) is 30.3 Å². The Morgan fingerprint density at radius 3 is 2.37 bits per heavy atom. The van der Waals surface area contributed by atoms with Gasteiger partial charge in [0.15, 0.2) is 0 Å². The molecule has 0 bridgehead atoms. The molecule has 0 radical (unpaired) electrons. The highest BCUT2D eigenvalue weighted by atomic mass is 16.3. The van der Waals surface area contributed by atoms with E-state index in [9.17, 15) is 5.11 Å². The second-order valence-electron chi connectivity index (χ2n) is 6.31. The van der Waals surface area contributed by atoms with E-state index in [1.165, 1.54) is 50.9 Å². The summed E-state index contributed by atoms with van der Waals surface area (Å²) in [4.78, 5) is 2.58. The van der Waals surface area contributed by atoms with Gasteiger partial charge in [0.05, 0.1) is 0 Å². The second kappa shape index (κ2) is 6.06. The molecule has 1 aromatic carbocycles. The van der Waals surface area contributed by atoms with Crippen molar-refractivity contribution in [1.29, 1.82) is 0 Å². The van der Waals surface area contributed by atoms with Crippen LogP contribution in [0, 0.1) is 11.8 Å². The van der Waals surface area contributed by atoms with Gasteiger partial charge in [0, 0.05) is 32.2 Å². The van der Waals surface area contributed by atoms with Crippen LogP contribution >= 0.6 is 0 Å². The molecule has 0 amide bonds. The van der Waals surface area contributed by atoms with Crippen molar-refractivity contribution in [3.8, 4) is 0 Å². The van der Waals surface area contributed by atoms with E-state index in [0.717, 1.165) is 11.8 Å². The summed E-state index contributed by atoms with van der Waals surface area (Å²) in [7, 11) is 0. The number of nitrogens with zero attached hydrogens (tertiary/aromatic N) is 1. The number of rotatable bonds is 4. The first-order valence-corrected chi connectivity index (χ1v) is 7.75. The molecule has 19 heavy (non-hydrogen) atoms. The predicted molar refractivity (Wildman–Crippen MR) is 78.2 cm³/mol. The van der Waals surface area contributed by atoms with Crippen molar-refractivity contribution in [2.75, 3.05) is 26.2 Å². The molecular weight excluding hydrogens is 234 g/mol. The maximum Gasteiger partial charge on any atom is 0.0462 e. The average Bonchev–Trinajstić information content (AvgIpc) is 2.43. The van der Waals surface area contributed by atoms with E-state index in [4.69, 9.17) is 0 Å². The molecule has 1 saturated heterocycles. The van der Waals surface area contributed by atoms with Gasteiger partial charge in [-0.3, -0.25) is 0 Å². The summed E-state index contributed by atoms with van der Waals surface area (Å²) in [6.07, 6.45) is 5.22. The molecular formula is C17H25NO. The quantitative estimate of drug-likeness (QED) is 0.898. The highest BCUT2D eigenvalue weighted by Crippen LogP contribution is 2.34. The molecule has 0 spiro atoms. The molecule has 104 valence electrons. The summed E-state index contributed by atoms with van der Waals surface area (Å²) in [6.45, 7) is 4.01. The third-order valence-electron chi connectivity index (χ3n) is 5.02. The lowest BCUT2D eigenvalue weighted by Crippen LogP contribution is -2.48. The Hall–Kier alpha value is -0.860. The van der Waals surface area contributed by atoms with E-state index in [0.29, 0.717) is 12.5 Å². The van der Waals surface area contributed by atoms with Gasteiger partial charge in [-0.1, -0.05) is 43.2 Å². The van der Waals surface area contributed by atoms with E-state index >= 15 is 0 Å². The third-order valence-corrected chi connectivity index (χ3v) is 5.02. The summed E-state index contributed by atoms with van der Waals surface area (Å²) < 4.78 is 0. The average molecular weight is 259 g/mol. The van der Waals surface area contributed by atoms with Crippen LogP contribution in [0.25, 0.3) is 0 Å². The van der Waals surface area contributed by atoms with E-state index in [2.05, 4.69) is 35.2 Å². The first-order chi connectivity index (χ1) is 9.36. The molecule has 2 heteroatoms. The number of aliphatic hydroxyl groups excluding tert-OH is 1. The molecule has 1 heterocycles. The van der Waals surface area contributed by atoms with Crippen molar-refractivity contribution in [1.82, 2.24) is 4.90 Å². The Kier molecular flexibility index (Phi) is 4.19. The molecule has 1 N–H and O–H groups in total. The van der Waals surface area contributed by atoms with E-state index in [-0.39, 0.29) is 0 Å². The molecule has 1 aromatic rings. The lowest BCUT2D eigenvalue weighted by atomic mass is 9.78. The van der Waals surface area contributed by atoms with Crippen LogP contribution in [0.2, 0.25) is 0 Å². The van der Waals surface area contributed by atoms with Gasteiger partial charge in [-0.05, 0) is 30.2 Å². The molecule has 1 saturated carbocycles. The van der Waals surface area contributed by atoms with E-state index in [1.54, 1.807) is 0 Å². The molecule has 1 aliphatic carbocycles. The van der Waals surface area contributed by atoms with Crippen molar-refractivity contribution in [2.45, 2.75) is 31.6 Å². The first kappa shape index (κ1) is 13.1.